The Morgan fingerprint density at radius 1 is 1.18 bits per heavy atom. The molecule has 0 aliphatic rings. The number of oxime groups is 2. The van der Waals surface area contributed by atoms with E-state index in [9.17, 15) is 4.79 Å². The van der Waals surface area contributed by atoms with Gasteiger partial charge in [0.1, 0.15) is 13.7 Å². The highest BCUT2D eigenvalue weighted by molar-refractivity contribution is 6.45. The van der Waals surface area contributed by atoms with Crippen molar-refractivity contribution in [1.82, 2.24) is 5.32 Å². The molecule has 2 aromatic rings. The number of amides is 1. The van der Waals surface area contributed by atoms with Gasteiger partial charge in [0.2, 0.25) is 0 Å². The molecule has 0 radical (unpaired) electrons. The van der Waals surface area contributed by atoms with Crippen LogP contribution in [0.1, 0.15) is 29.2 Å². The Bertz CT molecular complexity index is 941. The maximum atomic E-state index is 12.2. The summed E-state index contributed by atoms with van der Waals surface area (Å²) < 4.78 is 0. The van der Waals surface area contributed by atoms with Gasteiger partial charge in [0.15, 0.2) is 11.4 Å². The summed E-state index contributed by atoms with van der Waals surface area (Å²) in [6.07, 6.45) is 0. The standard InChI is InChI=1S/C21H22N4O3/c1-14-7-6-8-18(20(25-27-5)21(26)23-4)19(14)13-28-24-15(2)16-9-11-17(22-3)12-10-16/h6-12H,13H2,1-2,4-5H3,(H,23,26)/b24-15+,25-20+. The second-order valence-electron chi connectivity index (χ2n) is 5.91. The summed E-state index contributed by atoms with van der Waals surface area (Å²) in [6.45, 7) is 10.9. The van der Waals surface area contributed by atoms with Crippen LogP contribution in [0.15, 0.2) is 52.8 Å². The summed E-state index contributed by atoms with van der Waals surface area (Å²) in [5, 5.41) is 10.6. The summed E-state index contributed by atoms with van der Waals surface area (Å²) in [4.78, 5) is 25.9. The number of nitrogens with zero attached hydrogens (tertiary/aromatic N) is 3. The van der Waals surface area contributed by atoms with E-state index < -0.39 is 0 Å². The molecule has 7 heteroatoms. The minimum absolute atomic E-state index is 0.166. The quantitative estimate of drug-likeness (QED) is 0.454. The molecule has 0 unspecified atom stereocenters. The lowest BCUT2D eigenvalue weighted by Gasteiger charge is -2.13. The first-order valence-corrected chi connectivity index (χ1v) is 8.58. The zero-order valence-corrected chi connectivity index (χ0v) is 16.3. The minimum atomic E-state index is -0.353. The lowest BCUT2D eigenvalue weighted by atomic mass is 9.98. The van der Waals surface area contributed by atoms with Gasteiger partial charge in [-0.25, -0.2) is 4.85 Å². The Hall–Kier alpha value is -3.66. The first-order chi connectivity index (χ1) is 13.5. The zero-order chi connectivity index (χ0) is 20.5. The monoisotopic (exact) mass is 378 g/mol. The second kappa shape index (κ2) is 9.88. The summed E-state index contributed by atoms with van der Waals surface area (Å²) in [7, 11) is 2.92. The molecule has 0 spiro atoms. The highest BCUT2D eigenvalue weighted by Gasteiger charge is 2.19. The van der Waals surface area contributed by atoms with Crippen molar-refractivity contribution in [2.75, 3.05) is 14.2 Å². The fourth-order valence-corrected chi connectivity index (χ4v) is 2.56. The third-order valence-corrected chi connectivity index (χ3v) is 4.11. The number of carbonyl (C=O) groups is 1. The molecule has 0 saturated heterocycles. The van der Waals surface area contributed by atoms with E-state index in [-0.39, 0.29) is 18.2 Å². The average molecular weight is 378 g/mol. The molecule has 2 aromatic carbocycles. The van der Waals surface area contributed by atoms with Gasteiger partial charge in [-0.1, -0.05) is 52.8 Å². The van der Waals surface area contributed by atoms with Gasteiger partial charge in [-0.2, -0.15) is 0 Å². The average Bonchev–Trinajstić information content (AvgIpc) is 2.72. The Labute approximate surface area is 164 Å². The van der Waals surface area contributed by atoms with E-state index >= 15 is 0 Å². The summed E-state index contributed by atoms with van der Waals surface area (Å²) in [6, 6.07) is 12.7. The number of carbonyl (C=O) groups excluding carboxylic acids is 1. The maximum absolute atomic E-state index is 12.2. The molecule has 1 N–H and O–H groups in total. The van der Waals surface area contributed by atoms with Crippen molar-refractivity contribution in [3.8, 4) is 0 Å². The number of hydrogen-bond donors (Lipinski definition) is 1. The van der Waals surface area contributed by atoms with E-state index in [1.165, 1.54) is 14.2 Å². The third kappa shape index (κ3) is 4.95. The van der Waals surface area contributed by atoms with Crippen LogP contribution >= 0.6 is 0 Å². The van der Waals surface area contributed by atoms with Crippen LogP contribution in [0.5, 0.6) is 0 Å². The molecule has 7 nitrogen and oxygen atoms in total. The largest absolute Gasteiger partial charge is 0.398 e. The topological polar surface area (TPSA) is 76.6 Å². The van der Waals surface area contributed by atoms with Crippen molar-refractivity contribution in [2.45, 2.75) is 20.5 Å². The number of aryl methyl sites for hydroxylation is 1. The van der Waals surface area contributed by atoms with E-state index in [1.54, 1.807) is 18.2 Å². The van der Waals surface area contributed by atoms with E-state index in [1.807, 2.05) is 38.1 Å². The van der Waals surface area contributed by atoms with Crippen molar-refractivity contribution in [2.24, 2.45) is 10.3 Å². The van der Waals surface area contributed by atoms with Gasteiger partial charge in [-0.15, -0.1) is 0 Å². The molecular formula is C21H22N4O3. The predicted octanol–water partition coefficient (Wildman–Crippen LogP) is 3.58. The van der Waals surface area contributed by atoms with Gasteiger partial charge >= 0.3 is 0 Å². The van der Waals surface area contributed by atoms with Gasteiger partial charge in [-0.3, -0.25) is 4.79 Å². The summed E-state index contributed by atoms with van der Waals surface area (Å²) in [5.74, 6) is -0.353. The van der Waals surface area contributed by atoms with Crippen LogP contribution in [0.2, 0.25) is 0 Å². The molecule has 0 aliphatic heterocycles. The van der Waals surface area contributed by atoms with E-state index in [4.69, 9.17) is 16.2 Å². The number of hydrogen-bond acceptors (Lipinski definition) is 5. The predicted molar refractivity (Wildman–Crippen MR) is 108 cm³/mol. The Morgan fingerprint density at radius 2 is 1.89 bits per heavy atom. The summed E-state index contributed by atoms with van der Waals surface area (Å²) in [5.41, 5.74) is 4.65. The van der Waals surface area contributed by atoms with Crippen LogP contribution in [0, 0.1) is 13.5 Å². The lowest BCUT2D eigenvalue weighted by Crippen LogP contribution is -2.29. The highest BCUT2D eigenvalue weighted by atomic mass is 16.6. The SMILES string of the molecule is [C-]#[N+]c1ccc(/C(C)=N/OCc2c(C)cccc2/C(=N\OC)C(=O)NC)cc1. The van der Waals surface area contributed by atoms with Gasteiger partial charge in [0.25, 0.3) is 5.91 Å². The Balaban J connectivity index is 2.25. The van der Waals surface area contributed by atoms with Gasteiger partial charge in [-0.05, 0) is 25.0 Å². The minimum Gasteiger partial charge on any atom is -0.398 e. The first kappa shape index (κ1) is 20.6. The van der Waals surface area contributed by atoms with Crippen LogP contribution in [0.3, 0.4) is 0 Å². The van der Waals surface area contributed by atoms with E-state index in [2.05, 4.69) is 20.5 Å². The molecule has 0 aromatic heterocycles. The number of rotatable bonds is 7. The number of nitrogens with one attached hydrogen (secondary N) is 1. The van der Waals surface area contributed by atoms with Crippen molar-refractivity contribution in [1.29, 1.82) is 0 Å². The third-order valence-electron chi connectivity index (χ3n) is 4.11. The van der Waals surface area contributed by atoms with Gasteiger partial charge in [0, 0.05) is 18.2 Å². The molecular weight excluding hydrogens is 356 g/mol. The molecule has 0 saturated carbocycles. The van der Waals surface area contributed by atoms with Crippen molar-refractivity contribution >= 4 is 23.0 Å². The van der Waals surface area contributed by atoms with E-state index in [0.29, 0.717) is 17.0 Å². The van der Waals surface area contributed by atoms with Crippen LogP contribution in [-0.4, -0.2) is 31.5 Å². The summed E-state index contributed by atoms with van der Waals surface area (Å²) >= 11 is 0. The number of benzene rings is 2. The van der Waals surface area contributed by atoms with Crippen LogP contribution < -0.4 is 5.32 Å². The fraction of sp³-hybridized carbons (Fsp3) is 0.238. The molecule has 0 heterocycles. The van der Waals surface area contributed by atoms with Gasteiger partial charge in [0.05, 0.1) is 12.3 Å². The molecule has 0 bridgehead atoms. The Morgan fingerprint density at radius 3 is 2.50 bits per heavy atom. The smallest absolute Gasteiger partial charge is 0.273 e. The molecule has 0 aliphatic carbocycles. The molecule has 1 amide bonds. The van der Waals surface area contributed by atoms with Crippen LogP contribution in [-0.2, 0) is 21.1 Å². The molecule has 2 rings (SSSR count). The molecule has 28 heavy (non-hydrogen) atoms. The number of likely N-dealkylation sites (N-methyl/N-ethyl adjacent to an activating group) is 1. The first-order valence-electron chi connectivity index (χ1n) is 8.58. The lowest BCUT2D eigenvalue weighted by molar-refractivity contribution is -0.114. The second-order valence-corrected chi connectivity index (χ2v) is 5.91. The fourth-order valence-electron chi connectivity index (χ4n) is 2.56. The van der Waals surface area contributed by atoms with Gasteiger partial charge < -0.3 is 15.0 Å². The molecule has 0 atom stereocenters. The Kier molecular flexibility index (Phi) is 7.28. The molecule has 0 fully saturated rings. The highest BCUT2D eigenvalue weighted by Crippen LogP contribution is 2.18. The van der Waals surface area contributed by atoms with Crippen molar-refractivity contribution < 1.29 is 14.5 Å². The maximum Gasteiger partial charge on any atom is 0.273 e. The normalized spacial score (nSPS) is 11.5. The zero-order valence-electron chi connectivity index (χ0n) is 16.3. The molecule has 144 valence electrons. The van der Waals surface area contributed by atoms with Crippen LogP contribution in [0.4, 0.5) is 5.69 Å². The van der Waals surface area contributed by atoms with Crippen molar-refractivity contribution in [3.63, 3.8) is 0 Å². The van der Waals surface area contributed by atoms with E-state index in [0.717, 1.165) is 16.7 Å². The van der Waals surface area contributed by atoms with Crippen LogP contribution in [0.25, 0.3) is 4.85 Å². The van der Waals surface area contributed by atoms with Crippen molar-refractivity contribution in [3.05, 3.63) is 76.1 Å².